The van der Waals surface area contributed by atoms with Gasteiger partial charge in [0, 0.05) is 17.4 Å². The van der Waals surface area contributed by atoms with Gasteiger partial charge >= 0.3 is 5.97 Å². The Bertz CT molecular complexity index is 886. The fraction of sp³-hybridized carbons (Fsp3) is 0.800. The molecule has 34 heavy (non-hydrogen) atoms. The Kier molecular flexibility index (Phi) is 6.72. The molecule has 0 amide bonds. The van der Waals surface area contributed by atoms with Gasteiger partial charge in [0.1, 0.15) is 0 Å². The summed E-state index contributed by atoms with van der Waals surface area (Å²) in [5.41, 5.74) is -1.47. The number of fused-ring (bicyclic) bond motifs is 5. The lowest BCUT2D eigenvalue weighted by Gasteiger charge is -2.55. The molecule has 4 heteroatoms. The predicted octanol–water partition coefficient (Wildman–Crippen LogP) is 6.13. The van der Waals surface area contributed by atoms with Crippen molar-refractivity contribution in [2.75, 3.05) is 6.61 Å². The number of allylic oxidation sites excluding steroid dienone is 3. The maximum Gasteiger partial charge on any atom is 0.346 e. The van der Waals surface area contributed by atoms with Gasteiger partial charge in [0.15, 0.2) is 0 Å². The second kappa shape index (κ2) is 8.91. The standard InChI is InChI=1S/C30H46O4/c1-8-34-27(32)30(33)17-29(7)24-15-16-28(6)22(20(5)10-9-19(4)18(2)3)13-14-23(28)21(24)11-12-25(29)26(30)31/h9-10,12,18-24,33H,8,11,13-17H2,1-7H3/b10-9+/t19-,20+,21-,22+,23-,24-,28+,29+,30-/m0/s1. The van der Waals surface area contributed by atoms with Crippen LogP contribution in [0.5, 0.6) is 0 Å². The number of carbonyl (C=O) groups excluding carboxylic acids is 2. The summed E-state index contributed by atoms with van der Waals surface area (Å²) < 4.78 is 5.12. The molecule has 4 nitrogen and oxygen atoms in total. The zero-order valence-electron chi connectivity index (χ0n) is 22.4. The van der Waals surface area contributed by atoms with Crippen LogP contribution in [-0.2, 0) is 14.3 Å². The van der Waals surface area contributed by atoms with Crippen molar-refractivity contribution in [2.45, 2.75) is 92.6 Å². The average Bonchev–Trinajstić information content (AvgIpc) is 3.23. The van der Waals surface area contributed by atoms with Crippen molar-refractivity contribution in [3.05, 3.63) is 23.8 Å². The molecule has 190 valence electrons. The Hall–Kier alpha value is -1.42. The third-order valence-corrected chi connectivity index (χ3v) is 10.8. The van der Waals surface area contributed by atoms with Gasteiger partial charge in [0.2, 0.25) is 11.4 Å². The van der Waals surface area contributed by atoms with Crippen molar-refractivity contribution < 1.29 is 19.4 Å². The van der Waals surface area contributed by atoms with Gasteiger partial charge in [0.05, 0.1) is 6.61 Å². The van der Waals surface area contributed by atoms with Crippen LogP contribution in [0.2, 0.25) is 0 Å². The Balaban J connectivity index is 1.57. The first-order chi connectivity index (χ1) is 15.9. The van der Waals surface area contributed by atoms with Crippen molar-refractivity contribution in [3.8, 4) is 0 Å². The number of rotatable bonds is 6. The highest BCUT2D eigenvalue weighted by Gasteiger charge is 2.67. The van der Waals surface area contributed by atoms with Crippen LogP contribution in [0.1, 0.15) is 87.0 Å². The highest BCUT2D eigenvalue weighted by atomic mass is 16.5. The fourth-order valence-electron chi connectivity index (χ4n) is 8.53. The maximum absolute atomic E-state index is 13.2. The minimum atomic E-state index is -2.02. The van der Waals surface area contributed by atoms with Crippen molar-refractivity contribution in [3.63, 3.8) is 0 Å². The van der Waals surface area contributed by atoms with Crippen LogP contribution >= 0.6 is 0 Å². The van der Waals surface area contributed by atoms with E-state index in [4.69, 9.17) is 4.74 Å². The molecule has 4 aliphatic rings. The third-order valence-electron chi connectivity index (χ3n) is 10.8. The SMILES string of the molecule is CCOC(=O)[C@]1(O)C[C@@]2(C)C(=CC[C@H]3[C@@H]4CC[C@H]([C@H](C)/C=C/[C@H](C)C(C)C)[C@@]4(C)CC[C@@H]32)C1=O. The molecule has 0 bridgehead atoms. The van der Waals surface area contributed by atoms with Gasteiger partial charge in [0.25, 0.3) is 0 Å². The number of esters is 1. The lowest BCUT2D eigenvalue weighted by molar-refractivity contribution is -0.169. The normalized spacial score (nSPS) is 43.3. The van der Waals surface area contributed by atoms with E-state index in [2.05, 4.69) is 59.8 Å². The maximum atomic E-state index is 13.2. The van der Waals surface area contributed by atoms with Gasteiger partial charge in [-0.05, 0) is 85.9 Å². The summed E-state index contributed by atoms with van der Waals surface area (Å²) in [4.78, 5) is 25.8. The summed E-state index contributed by atoms with van der Waals surface area (Å²) >= 11 is 0. The Morgan fingerprint density at radius 2 is 1.85 bits per heavy atom. The van der Waals surface area contributed by atoms with Gasteiger partial charge < -0.3 is 9.84 Å². The van der Waals surface area contributed by atoms with Crippen LogP contribution in [0, 0.1) is 52.3 Å². The van der Waals surface area contributed by atoms with Crippen molar-refractivity contribution in [2.24, 2.45) is 52.3 Å². The summed E-state index contributed by atoms with van der Waals surface area (Å²) in [5.74, 6) is 2.82. The molecule has 3 fully saturated rings. The highest BCUT2D eigenvalue weighted by molar-refractivity contribution is 6.18. The van der Waals surface area contributed by atoms with Crippen LogP contribution in [0.3, 0.4) is 0 Å². The quantitative estimate of drug-likeness (QED) is 0.288. The molecule has 4 rings (SSSR count). The smallest absolute Gasteiger partial charge is 0.346 e. The zero-order chi connectivity index (χ0) is 25.1. The molecule has 0 aromatic carbocycles. The third kappa shape index (κ3) is 3.74. The molecular weight excluding hydrogens is 424 g/mol. The second-order valence-corrected chi connectivity index (χ2v) is 12.8. The number of Topliss-reactive ketones (excluding diaryl/α,β-unsaturated/α-hetero) is 1. The van der Waals surface area contributed by atoms with E-state index in [0.29, 0.717) is 52.4 Å². The first-order valence-corrected chi connectivity index (χ1v) is 13.7. The molecule has 0 aliphatic heterocycles. The van der Waals surface area contributed by atoms with Crippen molar-refractivity contribution in [1.29, 1.82) is 0 Å². The van der Waals surface area contributed by atoms with E-state index in [1.165, 1.54) is 12.8 Å². The van der Waals surface area contributed by atoms with Crippen LogP contribution in [-0.4, -0.2) is 29.1 Å². The molecule has 0 aromatic heterocycles. The highest BCUT2D eigenvalue weighted by Crippen LogP contribution is 2.68. The fourth-order valence-corrected chi connectivity index (χ4v) is 8.53. The Morgan fingerprint density at radius 1 is 1.15 bits per heavy atom. The number of ether oxygens (including phenoxy) is 1. The van der Waals surface area contributed by atoms with E-state index in [1.54, 1.807) is 6.92 Å². The average molecular weight is 471 g/mol. The molecule has 0 radical (unpaired) electrons. The summed E-state index contributed by atoms with van der Waals surface area (Å²) in [5, 5.41) is 11.2. The Labute approximate surface area is 206 Å². The molecule has 0 aromatic rings. The van der Waals surface area contributed by atoms with E-state index >= 15 is 0 Å². The zero-order valence-corrected chi connectivity index (χ0v) is 22.4. The number of hydrogen-bond donors (Lipinski definition) is 1. The van der Waals surface area contributed by atoms with Gasteiger partial charge in [-0.2, -0.15) is 0 Å². The van der Waals surface area contributed by atoms with Crippen LogP contribution in [0.4, 0.5) is 0 Å². The molecule has 4 aliphatic carbocycles. The molecule has 3 saturated carbocycles. The van der Waals surface area contributed by atoms with Crippen molar-refractivity contribution in [1.82, 2.24) is 0 Å². The summed E-state index contributed by atoms with van der Waals surface area (Å²) in [6.07, 6.45) is 12.8. The lowest BCUT2D eigenvalue weighted by atomic mass is 9.49. The molecule has 0 saturated heterocycles. The Morgan fingerprint density at radius 3 is 2.50 bits per heavy atom. The van der Waals surface area contributed by atoms with Gasteiger partial charge in [-0.15, -0.1) is 0 Å². The van der Waals surface area contributed by atoms with Crippen LogP contribution < -0.4 is 0 Å². The minimum Gasteiger partial charge on any atom is -0.464 e. The number of aliphatic hydroxyl groups is 1. The van der Waals surface area contributed by atoms with Crippen LogP contribution in [0.25, 0.3) is 0 Å². The number of ketones is 1. The van der Waals surface area contributed by atoms with Gasteiger partial charge in [-0.3, -0.25) is 4.79 Å². The predicted molar refractivity (Wildman–Crippen MR) is 135 cm³/mol. The minimum absolute atomic E-state index is 0.167. The summed E-state index contributed by atoms with van der Waals surface area (Å²) in [6, 6.07) is 0. The van der Waals surface area contributed by atoms with E-state index in [1.807, 2.05) is 0 Å². The lowest BCUT2D eigenvalue weighted by Crippen LogP contribution is -2.49. The first kappa shape index (κ1) is 25.7. The van der Waals surface area contributed by atoms with Gasteiger partial charge in [-0.25, -0.2) is 4.79 Å². The topological polar surface area (TPSA) is 63.6 Å². The molecule has 0 heterocycles. The summed E-state index contributed by atoms with van der Waals surface area (Å²) in [6.45, 7) is 15.8. The van der Waals surface area contributed by atoms with E-state index in [-0.39, 0.29) is 13.0 Å². The van der Waals surface area contributed by atoms with Gasteiger partial charge in [-0.1, -0.05) is 59.8 Å². The molecule has 0 spiro atoms. The number of carbonyl (C=O) groups is 2. The number of hydrogen-bond acceptors (Lipinski definition) is 4. The molecule has 1 N–H and O–H groups in total. The van der Waals surface area contributed by atoms with E-state index in [0.717, 1.165) is 19.3 Å². The molecular formula is C30H46O4. The second-order valence-electron chi connectivity index (χ2n) is 12.8. The summed E-state index contributed by atoms with van der Waals surface area (Å²) in [7, 11) is 0. The van der Waals surface area contributed by atoms with E-state index < -0.39 is 22.8 Å². The van der Waals surface area contributed by atoms with E-state index in [9.17, 15) is 14.7 Å². The molecule has 9 atom stereocenters. The monoisotopic (exact) mass is 470 g/mol. The largest absolute Gasteiger partial charge is 0.464 e. The van der Waals surface area contributed by atoms with Crippen molar-refractivity contribution >= 4 is 11.8 Å². The van der Waals surface area contributed by atoms with Crippen LogP contribution in [0.15, 0.2) is 23.8 Å². The first-order valence-electron chi connectivity index (χ1n) is 13.7. The molecule has 0 unspecified atom stereocenters.